The fourth-order valence-corrected chi connectivity index (χ4v) is 2.52. The molecule has 0 aliphatic carbocycles. The normalized spacial score (nSPS) is 11.1. The average Bonchev–Trinajstić information content (AvgIpc) is 2.62. The maximum atomic E-state index is 6.21. The lowest BCUT2D eigenvalue weighted by molar-refractivity contribution is 0.355. The summed E-state index contributed by atoms with van der Waals surface area (Å²) in [4.78, 5) is 4.32. The molecule has 0 bridgehead atoms. The number of methoxy groups -OCH3 is 3. The van der Waals surface area contributed by atoms with E-state index in [1.54, 1.807) is 39.5 Å². The lowest BCUT2D eigenvalue weighted by atomic mass is 10.1. The highest BCUT2D eigenvalue weighted by Crippen LogP contribution is 2.29. The van der Waals surface area contributed by atoms with Gasteiger partial charge in [-0.25, -0.2) is 0 Å². The van der Waals surface area contributed by atoms with Crippen LogP contribution in [0.15, 0.2) is 41.4 Å². The van der Waals surface area contributed by atoms with Gasteiger partial charge in [0.05, 0.1) is 21.3 Å². The van der Waals surface area contributed by atoms with Crippen LogP contribution in [0.2, 0.25) is 5.02 Å². The van der Waals surface area contributed by atoms with Crippen molar-refractivity contribution < 1.29 is 14.2 Å². The molecule has 134 valence electrons. The molecule has 2 aromatic rings. The van der Waals surface area contributed by atoms with E-state index in [0.29, 0.717) is 35.4 Å². The topological polar surface area (TPSA) is 78.1 Å². The Bertz CT molecular complexity index is 750. The standard InChI is InChI=1S/C18H22ClN3O3/c1-23-14-6-4-12(15(19)11-14)8-9-21-18(20)22-13-5-7-16(24-2)17(10-13)25-3/h4-7,10-11H,8-9H2,1-3H3,(H3,20,21,22). The van der Waals surface area contributed by atoms with Crippen LogP contribution >= 0.6 is 11.6 Å². The van der Waals surface area contributed by atoms with Gasteiger partial charge in [-0.2, -0.15) is 0 Å². The molecule has 7 heteroatoms. The van der Waals surface area contributed by atoms with Crippen molar-refractivity contribution >= 4 is 23.2 Å². The van der Waals surface area contributed by atoms with Gasteiger partial charge < -0.3 is 25.3 Å². The lowest BCUT2D eigenvalue weighted by Gasteiger charge is -2.11. The van der Waals surface area contributed by atoms with E-state index < -0.39 is 0 Å². The van der Waals surface area contributed by atoms with Crippen LogP contribution in [0.3, 0.4) is 0 Å². The second-order valence-electron chi connectivity index (χ2n) is 5.17. The van der Waals surface area contributed by atoms with Crippen LogP contribution in [0.4, 0.5) is 5.69 Å². The van der Waals surface area contributed by atoms with Crippen LogP contribution in [0.25, 0.3) is 0 Å². The SMILES string of the molecule is COc1ccc(CCN=C(N)Nc2ccc(OC)c(OC)c2)c(Cl)c1. The zero-order valence-corrected chi connectivity index (χ0v) is 15.3. The van der Waals surface area contributed by atoms with Crippen LogP contribution in [0.1, 0.15) is 5.56 Å². The molecule has 0 saturated carbocycles. The van der Waals surface area contributed by atoms with E-state index in [0.717, 1.165) is 17.0 Å². The molecule has 0 radical (unpaired) electrons. The van der Waals surface area contributed by atoms with Gasteiger partial charge in [0.15, 0.2) is 17.5 Å². The number of aliphatic imine (C=N–C) groups is 1. The summed E-state index contributed by atoms with van der Waals surface area (Å²) >= 11 is 6.21. The maximum absolute atomic E-state index is 6.21. The van der Waals surface area contributed by atoms with Crippen molar-refractivity contribution in [3.8, 4) is 17.2 Å². The number of guanidine groups is 1. The van der Waals surface area contributed by atoms with Gasteiger partial charge >= 0.3 is 0 Å². The Morgan fingerprint density at radius 1 is 1.04 bits per heavy atom. The zero-order valence-electron chi connectivity index (χ0n) is 14.5. The van der Waals surface area contributed by atoms with E-state index in [1.807, 2.05) is 18.2 Å². The molecule has 0 heterocycles. The van der Waals surface area contributed by atoms with Crippen molar-refractivity contribution in [2.45, 2.75) is 6.42 Å². The van der Waals surface area contributed by atoms with Crippen molar-refractivity contribution in [2.75, 3.05) is 33.2 Å². The predicted molar refractivity (Wildman–Crippen MR) is 101 cm³/mol. The molecule has 0 aliphatic heterocycles. The summed E-state index contributed by atoms with van der Waals surface area (Å²) in [6.45, 7) is 0.512. The highest BCUT2D eigenvalue weighted by molar-refractivity contribution is 6.31. The molecule has 0 aliphatic rings. The van der Waals surface area contributed by atoms with E-state index >= 15 is 0 Å². The first-order valence-electron chi connectivity index (χ1n) is 7.68. The van der Waals surface area contributed by atoms with Gasteiger partial charge in [-0.05, 0) is 36.2 Å². The minimum Gasteiger partial charge on any atom is -0.497 e. The summed E-state index contributed by atoms with van der Waals surface area (Å²) in [5, 5.41) is 3.68. The van der Waals surface area contributed by atoms with E-state index in [1.165, 1.54) is 0 Å². The minimum absolute atomic E-state index is 0.317. The number of benzene rings is 2. The quantitative estimate of drug-likeness (QED) is 0.582. The van der Waals surface area contributed by atoms with E-state index in [-0.39, 0.29) is 0 Å². The Morgan fingerprint density at radius 2 is 1.80 bits per heavy atom. The molecule has 0 fully saturated rings. The van der Waals surface area contributed by atoms with E-state index in [4.69, 9.17) is 31.5 Å². The molecule has 2 rings (SSSR count). The van der Waals surface area contributed by atoms with E-state index in [2.05, 4.69) is 10.3 Å². The molecule has 0 spiro atoms. The first-order chi connectivity index (χ1) is 12.1. The molecule has 25 heavy (non-hydrogen) atoms. The number of hydrogen-bond acceptors (Lipinski definition) is 4. The minimum atomic E-state index is 0.317. The number of ether oxygens (including phenoxy) is 3. The van der Waals surface area contributed by atoms with Gasteiger partial charge in [-0.15, -0.1) is 0 Å². The van der Waals surface area contributed by atoms with Crippen molar-refractivity contribution in [1.29, 1.82) is 0 Å². The van der Waals surface area contributed by atoms with Crippen LogP contribution in [-0.2, 0) is 6.42 Å². The summed E-state index contributed by atoms with van der Waals surface area (Å²) in [6.07, 6.45) is 0.678. The van der Waals surface area contributed by atoms with Gasteiger partial charge in [0.25, 0.3) is 0 Å². The molecule has 0 amide bonds. The summed E-state index contributed by atoms with van der Waals surface area (Å²) in [7, 11) is 4.78. The second kappa shape index (κ2) is 9.03. The summed E-state index contributed by atoms with van der Waals surface area (Å²) in [6, 6.07) is 11.0. The maximum Gasteiger partial charge on any atom is 0.193 e. The fourth-order valence-electron chi connectivity index (χ4n) is 2.26. The van der Waals surface area contributed by atoms with Gasteiger partial charge in [-0.1, -0.05) is 17.7 Å². The smallest absolute Gasteiger partial charge is 0.193 e. The molecule has 3 N–H and O–H groups in total. The second-order valence-corrected chi connectivity index (χ2v) is 5.58. The molecule has 0 atom stereocenters. The molecule has 0 aromatic heterocycles. The van der Waals surface area contributed by atoms with Crippen LogP contribution in [0, 0.1) is 0 Å². The first kappa shape index (κ1) is 18.7. The van der Waals surface area contributed by atoms with Crippen LogP contribution < -0.4 is 25.3 Å². The Hall–Kier alpha value is -2.60. The van der Waals surface area contributed by atoms with E-state index in [9.17, 15) is 0 Å². The van der Waals surface area contributed by atoms with Crippen molar-refractivity contribution in [3.63, 3.8) is 0 Å². The number of rotatable bonds is 7. The Balaban J connectivity index is 1.96. The summed E-state index contributed by atoms with van der Waals surface area (Å²) < 4.78 is 15.6. The number of nitrogens with one attached hydrogen (secondary N) is 1. The number of halogens is 1. The molecule has 6 nitrogen and oxygen atoms in total. The van der Waals surface area contributed by atoms with Gasteiger partial charge in [0.2, 0.25) is 0 Å². The monoisotopic (exact) mass is 363 g/mol. The molecule has 0 saturated heterocycles. The third-order valence-corrected chi connectivity index (χ3v) is 3.93. The third-order valence-electron chi connectivity index (χ3n) is 3.58. The van der Waals surface area contributed by atoms with Gasteiger partial charge in [-0.3, -0.25) is 4.99 Å². The highest BCUT2D eigenvalue weighted by atomic mass is 35.5. The molecular formula is C18H22ClN3O3. The zero-order chi connectivity index (χ0) is 18.2. The third kappa shape index (κ3) is 5.19. The number of hydrogen-bond donors (Lipinski definition) is 2. The van der Waals surface area contributed by atoms with Gasteiger partial charge in [0, 0.05) is 23.3 Å². The largest absolute Gasteiger partial charge is 0.497 e. The summed E-state index contributed by atoms with van der Waals surface area (Å²) in [5.41, 5.74) is 7.69. The number of nitrogens with two attached hydrogens (primary N) is 1. The Kier molecular flexibility index (Phi) is 6.77. The fraction of sp³-hybridized carbons (Fsp3) is 0.278. The Morgan fingerprint density at radius 3 is 2.44 bits per heavy atom. The molecular weight excluding hydrogens is 342 g/mol. The van der Waals surface area contributed by atoms with Crippen molar-refractivity contribution in [3.05, 3.63) is 47.0 Å². The average molecular weight is 364 g/mol. The predicted octanol–water partition coefficient (Wildman–Crippen LogP) is 3.34. The van der Waals surface area contributed by atoms with Crippen molar-refractivity contribution in [1.82, 2.24) is 0 Å². The highest BCUT2D eigenvalue weighted by Gasteiger charge is 2.05. The number of nitrogens with zero attached hydrogens (tertiary/aromatic N) is 1. The first-order valence-corrected chi connectivity index (χ1v) is 8.06. The lowest BCUT2D eigenvalue weighted by Crippen LogP contribution is -2.23. The van der Waals surface area contributed by atoms with Crippen molar-refractivity contribution in [2.24, 2.45) is 10.7 Å². The number of anilines is 1. The summed E-state index contributed by atoms with van der Waals surface area (Å²) in [5.74, 6) is 2.31. The molecule has 2 aromatic carbocycles. The van der Waals surface area contributed by atoms with Crippen LogP contribution in [-0.4, -0.2) is 33.8 Å². The molecule has 0 unspecified atom stereocenters. The van der Waals surface area contributed by atoms with Crippen LogP contribution in [0.5, 0.6) is 17.2 Å². The Labute approximate surface area is 152 Å². The van der Waals surface area contributed by atoms with Gasteiger partial charge in [0.1, 0.15) is 5.75 Å².